The molecule has 0 aliphatic carbocycles. The van der Waals surface area contributed by atoms with Gasteiger partial charge in [-0.05, 0) is 20.8 Å². The Bertz CT molecular complexity index is 319. The second kappa shape index (κ2) is 15.8. The lowest BCUT2D eigenvalue weighted by Gasteiger charge is -2.20. The molecule has 0 radical (unpaired) electrons. The van der Waals surface area contributed by atoms with Gasteiger partial charge >= 0.3 is 7.82 Å². The van der Waals surface area contributed by atoms with E-state index >= 15 is 0 Å². The molecule has 0 aromatic heterocycles. The van der Waals surface area contributed by atoms with Crippen LogP contribution in [0.2, 0.25) is 0 Å². The maximum atomic E-state index is 12.4. The molecule has 0 amide bonds. The highest BCUT2D eigenvalue weighted by atomic mass is 31.2. The first-order valence-corrected chi connectivity index (χ1v) is 9.15. The van der Waals surface area contributed by atoms with Gasteiger partial charge in [-0.2, -0.15) is 14.7 Å². The molecular formula is C12H27O13P. The van der Waals surface area contributed by atoms with Crippen molar-refractivity contribution in [2.45, 2.75) is 39.6 Å². The molecule has 0 aromatic carbocycles. The molecule has 3 atom stereocenters. The number of aliphatic hydroxyl groups excluding tert-OH is 3. The van der Waals surface area contributed by atoms with Crippen LogP contribution in [0.5, 0.6) is 0 Å². The van der Waals surface area contributed by atoms with Crippen molar-refractivity contribution in [1.82, 2.24) is 0 Å². The second-order valence-corrected chi connectivity index (χ2v) is 5.79. The molecule has 0 fully saturated rings. The largest absolute Gasteiger partial charge is 0.557 e. The zero-order valence-electron chi connectivity index (χ0n) is 14.8. The second-order valence-electron chi connectivity index (χ2n) is 4.45. The summed E-state index contributed by atoms with van der Waals surface area (Å²) >= 11 is 0. The number of hydrogen-bond acceptors (Lipinski definition) is 13. The van der Waals surface area contributed by atoms with Gasteiger partial charge < -0.3 is 29.5 Å². The van der Waals surface area contributed by atoms with E-state index in [9.17, 15) is 4.57 Å². The van der Waals surface area contributed by atoms with Crippen LogP contribution in [0.4, 0.5) is 0 Å². The van der Waals surface area contributed by atoms with Crippen molar-refractivity contribution in [2.24, 2.45) is 0 Å². The topological polar surface area (TPSA) is 161 Å². The third kappa shape index (κ3) is 13.9. The Balaban J connectivity index is 4.55. The number of rotatable bonds is 18. The maximum absolute atomic E-state index is 12.4. The number of phosphoric acid groups is 1. The number of ether oxygens (including phenoxy) is 3. The molecule has 0 aliphatic rings. The molecule has 14 heteroatoms. The van der Waals surface area contributed by atoms with E-state index < -0.39 is 26.7 Å². The lowest BCUT2D eigenvalue weighted by molar-refractivity contribution is -0.398. The lowest BCUT2D eigenvalue weighted by Crippen LogP contribution is -2.20. The standard InChI is InChI=1S/C12H27O13P/c1-10(17-7-4-13)20-23-26(16,24-21-11(2)18-8-5-14)25-22-12(3)19-9-6-15/h10-15H,4-9H2,1-3H3. The van der Waals surface area contributed by atoms with Gasteiger partial charge in [-0.1, -0.05) is 0 Å². The third-order valence-electron chi connectivity index (χ3n) is 2.14. The molecule has 0 rings (SSSR count). The van der Waals surface area contributed by atoms with Gasteiger partial charge in [0, 0.05) is 0 Å². The van der Waals surface area contributed by atoms with Crippen molar-refractivity contribution in [3.8, 4) is 0 Å². The quantitative estimate of drug-likeness (QED) is 0.120. The number of aliphatic hydroxyl groups is 3. The van der Waals surface area contributed by atoms with Gasteiger partial charge in [-0.25, -0.2) is 4.57 Å². The Morgan fingerprint density at radius 1 is 0.654 bits per heavy atom. The molecular weight excluding hydrogens is 383 g/mol. The normalized spacial score (nSPS) is 17.6. The van der Waals surface area contributed by atoms with E-state index in [1.807, 2.05) is 0 Å². The van der Waals surface area contributed by atoms with Gasteiger partial charge in [0.25, 0.3) is 0 Å². The molecule has 158 valence electrons. The van der Waals surface area contributed by atoms with Crippen LogP contribution < -0.4 is 0 Å². The Morgan fingerprint density at radius 2 is 0.923 bits per heavy atom. The molecule has 0 aromatic rings. The molecule has 13 nitrogen and oxygen atoms in total. The summed E-state index contributed by atoms with van der Waals surface area (Å²) in [4.78, 5) is 14.0. The smallest absolute Gasteiger partial charge is 0.394 e. The predicted octanol–water partition coefficient (Wildman–Crippen LogP) is 0.00380. The first kappa shape index (κ1) is 25.8. The summed E-state index contributed by atoms with van der Waals surface area (Å²) in [5.74, 6) is 0. The molecule has 0 saturated heterocycles. The third-order valence-corrected chi connectivity index (χ3v) is 2.95. The van der Waals surface area contributed by atoms with Crippen LogP contribution in [0.15, 0.2) is 0 Å². The molecule has 26 heavy (non-hydrogen) atoms. The Hall–Kier alpha value is -0.250. The molecule has 0 saturated carbocycles. The fourth-order valence-corrected chi connectivity index (χ4v) is 1.87. The van der Waals surface area contributed by atoms with Crippen LogP contribution >= 0.6 is 7.82 Å². The van der Waals surface area contributed by atoms with Crippen LogP contribution in [-0.4, -0.2) is 73.8 Å². The molecule has 3 unspecified atom stereocenters. The molecule has 3 N–H and O–H groups in total. The summed E-state index contributed by atoms with van der Waals surface area (Å²) in [6.45, 7) is 3.23. The highest BCUT2D eigenvalue weighted by Gasteiger charge is 2.35. The van der Waals surface area contributed by atoms with E-state index in [1.165, 1.54) is 20.8 Å². The molecule has 0 bridgehead atoms. The fraction of sp³-hybridized carbons (Fsp3) is 1.00. The van der Waals surface area contributed by atoms with Gasteiger partial charge in [0.2, 0.25) is 0 Å². The van der Waals surface area contributed by atoms with Gasteiger partial charge in [0.15, 0.2) is 18.9 Å². The SMILES string of the molecule is CC(OCCO)OOP(=O)(OOC(C)OCCO)OOC(C)OCCO. The average Bonchev–Trinajstić information content (AvgIpc) is 2.64. The van der Waals surface area contributed by atoms with Crippen molar-refractivity contribution < 1.29 is 62.8 Å². The first-order valence-electron chi connectivity index (χ1n) is 7.69. The Morgan fingerprint density at radius 3 is 1.15 bits per heavy atom. The molecule has 0 aliphatic heterocycles. The van der Waals surface area contributed by atoms with E-state index in [-0.39, 0.29) is 39.6 Å². The molecule has 0 spiro atoms. The fourth-order valence-electron chi connectivity index (χ4n) is 1.12. The van der Waals surface area contributed by atoms with Gasteiger partial charge in [0.05, 0.1) is 39.6 Å². The highest BCUT2D eigenvalue weighted by Crippen LogP contribution is 2.51. The minimum Gasteiger partial charge on any atom is -0.394 e. The highest BCUT2D eigenvalue weighted by molar-refractivity contribution is 7.48. The van der Waals surface area contributed by atoms with Crippen molar-refractivity contribution in [3.05, 3.63) is 0 Å². The summed E-state index contributed by atoms with van der Waals surface area (Å²) in [5, 5.41) is 25.9. The van der Waals surface area contributed by atoms with Crippen molar-refractivity contribution >= 4 is 7.82 Å². The van der Waals surface area contributed by atoms with E-state index in [4.69, 9.17) is 29.5 Å². The van der Waals surface area contributed by atoms with Crippen LogP contribution in [-0.2, 0) is 47.5 Å². The average molecular weight is 410 g/mol. The van der Waals surface area contributed by atoms with E-state index in [1.54, 1.807) is 0 Å². The Kier molecular flexibility index (Phi) is 15.6. The Labute approximate surface area is 150 Å². The minimum absolute atomic E-state index is 0.0540. The van der Waals surface area contributed by atoms with Crippen molar-refractivity contribution in [2.75, 3.05) is 39.6 Å². The van der Waals surface area contributed by atoms with Crippen LogP contribution in [0.1, 0.15) is 20.8 Å². The van der Waals surface area contributed by atoms with E-state index in [2.05, 4.69) is 28.7 Å². The summed E-state index contributed by atoms with van der Waals surface area (Å²) < 4.78 is 40.8. The van der Waals surface area contributed by atoms with Gasteiger partial charge in [-0.3, -0.25) is 0 Å². The zero-order valence-corrected chi connectivity index (χ0v) is 15.7. The van der Waals surface area contributed by atoms with Crippen LogP contribution in [0.25, 0.3) is 0 Å². The lowest BCUT2D eigenvalue weighted by atomic mass is 10.7. The van der Waals surface area contributed by atoms with Crippen LogP contribution in [0, 0.1) is 0 Å². The summed E-state index contributed by atoms with van der Waals surface area (Å²) in [6, 6.07) is 0. The monoisotopic (exact) mass is 410 g/mol. The predicted molar refractivity (Wildman–Crippen MR) is 81.6 cm³/mol. The van der Waals surface area contributed by atoms with Crippen LogP contribution in [0.3, 0.4) is 0 Å². The summed E-state index contributed by atoms with van der Waals surface area (Å²) in [5.41, 5.74) is 0. The molecule has 0 heterocycles. The van der Waals surface area contributed by atoms with E-state index in [0.717, 1.165) is 0 Å². The zero-order chi connectivity index (χ0) is 19.8. The minimum atomic E-state index is -4.57. The first-order chi connectivity index (χ1) is 12.4. The number of hydrogen-bond donors (Lipinski definition) is 3. The summed E-state index contributed by atoms with van der Waals surface area (Å²) in [6.07, 6.45) is -3.10. The maximum Gasteiger partial charge on any atom is 0.557 e. The van der Waals surface area contributed by atoms with E-state index in [0.29, 0.717) is 0 Å². The summed E-state index contributed by atoms with van der Waals surface area (Å²) in [7, 11) is -4.57. The van der Waals surface area contributed by atoms with Crippen molar-refractivity contribution in [1.29, 1.82) is 0 Å². The van der Waals surface area contributed by atoms with Crippen molar-refractivity contribution in [3.63, 3.8) is 0 Å². The van der Waals surface area contributed by atoms with Gasteiger partial charge in [0.1, 0.15) is 0 Å². The van der Waals surface area contributed by atoms with Gasteiger partial charge in [-0.15, -0.1) is 14.0 Å².